The van der Waals surface area contributed by atoms with Crippen LogP contribution in [0.25, 0.3) is 0 Å². The summed E-state index contributed by atoms with van der Waals surface area (Å²) in [6.45, 7) is 2.83. The molecule has 1 aliphatic heterocycles. The van der Waals surface area contributed by atoms with Gasteiger partial charge in [-0.3, -0.25) is 4.79 Å². The van der Waals surface area contributed by atoms with Crippen molar-refractivity contribution in [3.05, 3.63) is 47.0 Å². The van der Waals surface area contributed by atoms with Crippen molar-refractivity contribution in [1.29, 1.82) is 0 Å². The highest BCUT2D eigenvalue weighted by molar-refractivity contribution is 6.33. The molecular weight excluding hydrogens is 380 g/mol. The van der Waals surface area contributed by atoms with Gasteiger partial charge in [-0.1, -0.05) is 23.7 Å². The SMILES string of the molecule is COc1cc(CC(=O)N2CCN(c3ccccc3Cl)CC2)cc(OC)c1OC. The minimum absolute atomic E-state index is 0.0769. The number of hydrogen-bond acceptors (Lipinski definition) is 5. The van der Waals surface area contributed by atoms with E-state index in [1.54, 1.807) is 21.3 Å². The summed E-state index contributed by atoms with van der Waals surface area (Å²) in [5.41, 5.74) is 1.84. The number of benzene rings is 2. The topological polar surface area (TPSA) is 51.2 Å². The first-order valence-electron chi connectivity index (χ1n) is 9.13. The van der Waals surface area contributed by atoms with Crippen molar-refractivity contribution >= 4 is 23.2 Å². The maximum Gasteiger partial charge on any atom is 0.227 e. The average molecular weight is 405 g/mol. The van der Waals surface area contributed by atoms with Gasteiger partial charge in [-0.05, 0) is 29.8 Å². The molecule has 1 saturated heterocycles. The lowest BCUT2D eigenvalue weighted by atomic mass is 10.1. The van der Waals surface area contributed by atoms with Crippen LogP contribution in [0.1, 0.15) is 5.56 Å². The Labute approximate surface area is 170 Å². The Bertz CT molecular complexity index is 810. The van der Waals surface area contributed by atoms with E-state index in [2.05, 4.69) is 4.90 Å². The van der Waals surface area contributed by atoms with Crippen molar-refractivity contribution in [3.63, 3.8) is 0 Å². The van der Waals surface area contributed by atoms with E-state index in [0.717, 1.165) is 29.4 Å². The van der Waals surface area contributed by atoms with Crippen molar-refractivity contribution in [2.24, 2.45) is 0 Å². The Balaban J connectivity index is 1.66. The molecule has 0 saturated carbocycles. The molecule has 2 aromatic rings. The molecule has 0 aromatic heterocycles. The molecule has 0 aliphatic carbocycles. The molecule has 0 spiro atoms. The normalized spacial score (nSPS) is 14.0. The molecule has 1 fully saturated rings. The number of ether oxygens (including phenoxy) is 3. The number of carbonyl (C=O) groups excluding carboxylic acids is 1. The minimum Gasteiger partial charge on any atom is -0.493 e. The summed E-state index contributed by atoms with van der Waals surface area (Å²) < 4.78 is 16.1. The van der Waals surface area contributed by atoms with Gasteiger partial charge in [0.15, 0.2) is 11.5 Å². The Morgan fingerprint density at radius 3 is 2.11 bits per heavy atom. The van der Waals surface area contributed by atoms with Gasteiger partial charge in [0.05, 0.1) is 38.5 Å². The van der Waals surface area contributed by atoms with Gasteiger partial charge < -0.3 is 24.0 Å². The molecule has 7 heteroatoms. The Morgan fingerprint density at radius 1 is 0.964 bits per heavy atom. The number of nitrogens with zero attached hydrogens (tertiary/aromatic N) is 2. The molecule has 3 rings (SSSR count). The second kappa shape index (κ2) is 9.06. The number of halogens is 1. The van der Waals surface area contributed by atoms with Crippen molar-refractivity contribution < 1.29 is 19.0 Å². The van der Waals surface area contributed by atoms with Crippen molar-refractivity contribution in [2.45, 2.75) is 6.42 Å². The summed E-state index contributed by atoms with van der Waals surface area (Å²) in [4.78, 5) is 16.9. The summed E-state index contributed by atoms with van der Waals surface area (Å²) in [6, 6.07) is 11.4. The lowest BCUT2D eigenvalue weighted by Crippen LogP contribution is -2.49. The van der Waals surface area contributed by atoms with E-state index in [1.165, 1.54) is 0 Å². The van der Waals surface area contributed by atoms with Crippen LogP contribution in [-0.4, -0.2) is 58.3 Å². The minimum atomic E-state index is 0.0769. The van der Waals surface area contributed by atoms with Crippen LogP contribution >= 0.6 is 11.6 Å². The second-order valence-corrected chi connectivity index (χ2v) is 6.94. The molecule has 0 bridgehead atoms. The lowest BCUT2D eigenvalue weighted by molar-refractivity contribution is -0.130. The Hall–Kier alpha value is -2.60. The molecule has 1 heterocycles. The molecule has 1 aliphatic rings. The summed E-state index contributed by atoms with van der Waals surface area (Å²) in [6.07, 6.45) is 0.281. The first-order valence-corrected chi connectivity index (χ1v) is 9.51. The van der Waals surface area contributed by atoms with Gasteiger partial charge in [-0.25, -0.2) is 0 Å². The molecule has 0 radical (unpaired) electrons. The monoisotopic (exact) mass is 404 g/mol. The smallest absolute Gasteiger partial charge is 0.227 e. The van der Waals surface area contributed by atoms with Crippen LogP contribution in [-0.2, 0) is 11.2 Å². The van der Waals surface area contributed by atoms with Crippen molar-refractivity contribution in [1.82, 2.24) is 4.90 Å². The highest BCUT2D eigenvalue weighted by Gasteiger charge is 2.23. The van der Waals surface area contributed by atoms with E-state index in [-0.39, 0.29) is 12.3 Å². The third kappa shape index (κ3) is 4.28. The largest absolute Gasteiger partial charge is 0.493 e. The van der Waals surface area contributed by atoms with Crippen LogP contribution in [0.15, 0.2) is 36.4 Å². The third-order valence-electron chi connectivity index (χ3n) is 4.91. The van der Waals surface area contributed by atoms with Gasteiger partial charge in [0.25, 0.3) is 0 Å². The first kappa shape index (κ1) is 20.1. The van der Waals surface area contributed by atoms with Crippen LogP contribution < -0.4 is 19.1 Å². The number of rotatable bonds is 6. The molecule has 1 amide bonds. The fourth-order valence-electron chi connectivity index (χ4n) is 3.43. The highest BCUT2D eigenvalue weighted by Crippen LogP contribution is 2.38. The summed E-state index contributed by atoms with van der Waals surface area (Å²) in [5.74, 6) is 1.70. The van der Waals surface area contributed by atoms with Crippen LogP contribution in [0, 0.1) is 0 Å². The number of para-hydroxylation sites is 1. The van der Waals surface area contributed by atoms with Crippen LogP contribution in [0.3, 0.4) is 0 Å². The van der Waals surface area contributed by atoms with E-state index in [1.807, 2.05) is 41.3 Å². The average Bonchev–Trinajstić information content (AvgIpc) is 2.73. The fraction of sp³-hybridized carbons (Fsp3) is 0.381. The fourth-order valence-corrected chi connectivity index (χ4v) is 3.68. The molecule has 0 atom stereocenters. The van der Waals surface area contributed by atoms with Crippen molar-refractivity contribution in [3.8, 4) is 17.2 Å². The molecular formula is C21H25ClN2O4. The van der Waals surface area contributed by atoms with Gasteiger partial charge in [-0.15, -0.1) is 0 Å². The number of anilines is 1. The third-order valence-corrected chi connectivity index (χ3v) is 5.22. The number of methoxy groups -OCH3 is 3. The van der Waals surface area contributed by atoms with Gasteiger partial charge in [0.2, 0.25) is 11.7 Å². The second-order valence-electron chi connectivity index (χ2n) is 6.53. The highest BCUT2D eigenvalue weighted by atomic mass is 35.5. The number of piperazine rings is 1. The van der Waals surface area contributed by atoms with E-state index in [0.29, 0.717) is 30.3 Å². The van der Waals surface area contributed by atoms with Crippen LogP contribution in [0.4, 0.5) is 5.69 Å². The Kier molecular flexibility index (Phi) is 6.52. The zero-order valence-corrected chi connectivity index (χ0v) is 17.2. The van der Waals surface area contributed by atoms with Gasteiger partial charge in [0, 0.05) is 26.2 Å². The number of carbonyl (C=O) groups is 1. The molecule has 150 valence electrons. The van der Waals surface area contributed by atoms with E-state index >= 15 is 0 Å². The predicted molar refractivity (Wildman–Crippen MR) is 110 cm³/mol. The van der Waals surface area contributed by atoms with Gasteiger partial charge in [0.1, 0.15) is 0 Å². The van der Waals surface area contributed by atoms with Gasteiger partial charge >= 0.3 is 0 Å². The van der Waals surface area contributed by atoms with Crippen LogP contribution in [0.2, 0.25) is 5.02 Å². The predicted octanol–water partition coefficient (Wildman–Crippen LogP) is 3.26. The van der Waals surface area contributed by atoms with E-state index < -0.39 is 0 Å². The maximum atomic E-state index is 12.8. The first-order chi connectivity index (χ1) is 13.6. The maximum absolute atomic E-state index is 12.8. The molecule has 6 nitrogen and oxygen atoms in total. The van der Waals surface area contributed by atoms with Crippen molar-refractivity contribution in [2.75, 3.05) is 52.4 Å². The standard InChI is InChI=1S/C21H25ClN2O4/c1-26-18-12-15(13-19(27-2)21(18)28-3)14-20(25)24-10-8-23(9-11-24)17-7-5-4-6-16(17)22/h4-7,12-13H,8-11,14H2,1-3H3. The van der Waals surface area contributed by atoms with E-state index in [4.69, 9.17) is 25.8 Å². The molecule has 2 aromatic carbocycles. The zero-order chi connectivity index (χ0) is 20.1. The van der Waals surface area contributed by atoms with Crippen LogP contribution in [0.5, 0.6) is 17.2 Å². The summed E-state index contributed by atoms with van der Waals surface area (Å²) in [5, 5.41) is 0.736. The zero-order valence-electron chi connectivity index (χ0n) is 16.4. The Morgan fingerprint density at radius 2 is 1.57 bits per heavy atom. The summed E-state index contributed by atoms with van der Waals surface area (Å²) in [7, 11) is 4.69. The molecule has 0 N–H and O–H groups in total. The molecule has 0 unspecified atom stereocenters. The lowest BCUT2D eigenvalue weighted by Gasteiger charge is -2.36. The molecule has 28 heavy (non-hydrogen) atoms. The number of amides is 1. The van der Waals surface area contributed by atoms with Gasteiger partial charge in [-0.2, -0.15) is 0 Å². The number of hydrogen-bond donors (Lipinski definition) is 0. The quantitative estimate of drug-likeness (QED) is 0.739. The summed E-state index contributed by atoms with van der Waals surface area (Å²) >= 11 is 6.29. The van der Waals surface area contributed by atoms with E-state index in [9.17, 15) is 4.79 Å².